The second-order valence-electron chi connectivity index (χ2n) is 6.82. The first-order valence-electron chi connectivity index (χ1n) is 9.39. The van der Waals surface area contributed by atoms with E-state index >= 15 is 0 Å². The molecule has 0 radical (unpaired) electrons. The van der Waals surface area contributed by atoms with E-state index in [-0.39, 0.29) is 48.7 Å². The summed E-state index contributed by atoms with van der Waals surface area (Å²) in [5, 5.41) is 12.7. The second-order valence-corrected chi connectivity index (χ2v) is 9.12. The van der Waals surface area contributed by atoms with Gasteiger partial charge in [-0.1, -0.05) is 29.8 Å². The molecular weight excluding hydrogens is 446 g/mol. The van der Waals surface area contributed by atoms with Crippen LogP contribution in [0.25, 0.3) is 10.9 Å². The Kier molecular flexibility index (Phi) is 6.05. The maximum absolute atomic E-state index is 12.8. The number of hydrogen-bond acceptors (Lipinski definition) is 7. The number of ether oxygens (including phenoxy) is 2. The molecule has 1 aliphatic heterocycles. The van der Waals surface area contributed by atoms with Gasteiger partial charge >= 0.3 is 5.69 Å². The van der Waals surface area contributed by atoms with Crippen molar-refractivity contribution in [2.24, 2.45) is 0 Å². The number of nitro benzene ring substituents is 1. The van der Waals surface area contributed by atoms with Crippen molar-refractivity contribution in [2.75, 3.05) is 26.3 Å². The van der Waals surface area contributed by atoms with Crippen molar-refractivity contribution in [3.05, 3.63) is 69.4 Å². The average molecular weight is 464 g/mol. The summed E-state index contributed by atoms with van der Waals surface area (Å²) in [6.45, 7) is 0.892. The van der Waals surface area contributed by atoms with Gasteiger partial charge in [-0.25, -0.2) is 13.4 Å². The fourth-order valence-corrected chi connectivity index (χ4v) is 4.88. The van der Waals surface area contributed by atoms with Gasteiger partial charge in [0.05, 0.1) is 28.5 Å². The van der Waals surface area contributed by atoms with Gasteiger partial charge in [0, 0.05) is 30.1 Å². The van der Waals surface area contributed by atoms with Crippen LogP contribution in [0.2, 0.25) is 5.15 Å². The van der Waals surface area contributed by atoms with E-state index in [0.29, 0.717) is 5.56 Å². The van der Waals surface area contributed by atoms with Gasteiger partial charge in [-0.2, -0.15) is 4.31 Å². The van der Waals surface area contributed by atoms with Crippen LogP contribution in [0.3, 0.4) is 0 Å². The van der Waals surface area contributed by atoms with Crippen molar-refractivity contribution in [3.63, 3.8) is 0 Å². The summed E-state index contributed by atoms with van der Waals surface area (Å²) in [5.41, 5.74) is 0.832. The highest BCUT2D eigenvalue weighted by Gasteiger charge is 2.29. The van der Waals surface area contributed by atoms with Crippen molar-refractivity contribution >= 4 is 38.2 Å². The van der Waals surface area contributed by atoms with Gasteiger partial charge in [0.15, 0.2) is 5.75 Å². The molecule has 0 N–H and O–H groups in total. The van der Waals surface area contributed by atoms with Gasteiger partial charge in [0.2, 0.25) is 10.0 Å². The Labute approximate surface area is 183 Å². The predicted octanol–water partition coefficient (Wildman–Crippen LogP) is 3.40. The summed E-state index contributed by atoms with van der Waals surface area (Å²) >= 11 is 6.22. The van der Waals surface area contributed by atoms with Crippen LogP contribution in [0.15, 0.2) is 53.4 Å². The zero-order chi connectivity index (χ0) is 22.0. The minimum atomic E-state index is -3.87. The first-order valence-corrected chi connectivity index (χ1v) is 11.2. The van der Waals surface area contributed by atoms with Crippen LogP contribution >= 0.6 is 11.6 Å². The Morgan fingerprint density at radius 1 is 1.16 bits per heavy atom. The number of sulfonamides is 1. The SMILES string of the molecule is O=[N+]([O-])c1cc(S(=O)(=O)N2CCOCC2)ccc1OCc1cc2ccccc2nc1Cl. The van der Waals surface area contributed by atoms with Crippen LogP contribution in [0.1, 0.15) is 5.56 Å². The Balaban J connectivity index is 1.60. The lowest BCUT2D eigenvalue weighted by Gasteiger charge is -2.26. The first-order chi connectivity index (χ1) is 14.9. The molecule has 2 aromatic carbocycles. The molecule has 0 amide bonds. The quantitative estimate of drug-likeness (QED) is 0.313. The van der Waals surface area contributed by atoms with Crippen molar-refractivity contribution < 1.29 is 22.8 Å². The van der Waals surface area contributed by atoms with Crippen LogP contribution in [0, 0.1) is 10.1 Å². The van der Waals surface area contributed by atoms with Gasteiger partial charge in [-0.3, -0.25) is 10.1 Å². The highest BCUT2D eigenvalue weighted by atomic mass is 35.5. The minimum Gasteiger partial charge on any atom is -0.482 e. The molecule has 1 saturated heterocycles. The van der Waals surface area contributed by atoms with Crippen molar-refractivity contribution in [1.82, 2.24) is 9.29 Å². The predicted molar refractivity (Wildman–Crippen MR) is 114 cm³/mol. The lowest BCUT2D eigenvalue weighted by Crippen LogP contribution is -2.40. The number of hydrogen-bond donors (Lipinski definition) is 0. The van der Waals surface area contributed by atoms with Crippen molar-refractivity contribution in [3.8, 4) is 5.75 Å². The molecule has 1 aliphatic rings. The maximum Gasteiger partial charge on any atom is 0.312 e. The number of morpholine rings is 1. The number of benzene rings is 2. The number of rotatable bonds is 6. The number of nitrogens with zero attached hydrogens (tertiary/aromatic N) is 3. The van der Waals surface area contributed by atoms with E-state index < -0.39 is 20.6 Å². The number of para-hydroxylation sites is 1. The van der Waals surface area contributed by atoms with Crippen molar-refractivity contribution in [2.45, 2.75) is 11.5 Å². The average Bonchev–Trinajstić information content (AvgIpc) is 2.78. The molecule has 11 heteroatoms. The molecule has 4 rings (SSSR count). The molecule has 1 aromatic heterocycles. The van der Waals surface area contributed by atoms with E-state index in [1.54, 1.807) is 6.07 Å². The molecule has 3 aromatic rings. The lowest BCUT2D eigenvalue weighted by atomic mass is 10.2. The molecule has 1 fully saturated rings. The summed E-state index contributed by atoms with van der Waals surface area (Å²) < 4.78 is 37.7. The molecule has 0 unspecified atom stereocenters. The van der Waals surface area contributed by atoms with Crippen LogP contribution in [0.4, 0.5) is 5.69 Å². The Morgan fingerprint density at radius 3 is 2.65 bits per heavy atom. The Bertz CT molecular complexity index is 1240. The lowest BCUT2D eigenvalue weighted by molar-refractivity contribution is -0.386. The molecule has 0 aliphatic carbocycles. The highest BCUT2D eigenvalue weighted by Crippen LogP contribution is 2.32. The number of aromatic nitrogens is 1. The number of pyridine rings is 1. The smallest absolute Gasteiger partial charge is 0.312 e. The number of fused-ring (bicyclic) bond motifs is 1. The zero-order valence-corrected chi connectivity index (χ0v) is 17.8. The number of halogens is 1. The van der Waals surface area contributed by atoms with E-state index in [9.17, 15) is 18.5 Å². The Morgan fingerprint density at radius 2 is 1.90 bits per heavy atom. The summed E-state index contributed by atoms with van der Waals surface area (Å²) in [5.74, 6) is -0.0600. The molecule has 162 valence electrons. The van der Waals surface area contributed by atoms with Gasteiger partial charge < -0.3 is 9.47 Å². The summed E-state index contributed by atoms with van der Waals surface area (Å²) in [4.78, 5) is 15.0. The number of nitro groups is 1. The fraction of sp³-hybridized carbons (Fsp3) is 0.250. The fourth-order valence-electron chi connectivity index (χ4n) is 3.25. The van der Waals surface area contributed by atoms with Crippen LogP contribution in [0.5, 0.6) is 5.75 Å². The van der Waals surface area contributed by atoms with E-state index in [1.807, 2.05) is 24.3 Å². The van der Waals surface area contributed by atoms with Crippen LogP contribution < -0.4 is 4.74 Å². The molecular formula is C20H18ClN3O6S. The molecule has 0 atom stereocenters. The molecule has 0 spiro atoms. The van der Waals surface area contributed by atoms with Gasteiger partial charge in [0.1, 0.15) is 11.8 Å². The molecule has 9 nitrogen and oxygen atoms in total. The summed E-state index contributed by atoms with van der Waals surface area (Å²) in [6.07, 6.45) is 0. The van der Waals surface area contributed by atoms with E-state index in [1.165, 1.54) is 16.4 Å². The molecule has 0 bridgehead atoms. The van der Waals surface area contributed by atoms with Crippen molar-refractivity contribution in [1.29, 1.82) is 0 Å². The molecule has 0 saturated carbocycles. The zero-order valence-electron chi connectivity index (χ0n) is 16.2. The molecule has 2 heterocycles. The second kappa shape index (κ2) is 8.75. The first kappa shape index (κ1) is 21.4. The largest absolute Gasteiger partial charge is 0.482 e. The minimum absolute atomic E-state index is 0.0600. The van der Waals surface area contributed by atoms with E-state index in [0.717, 1.165) is 17.0 Å². The van der Waals surface area contributed by atoms with E-state index in [4.69, 9.17) is 21.1 Å². The van der Waals surface area contributed by atoms with Crippen LogP contribution in [-0.4, -0.2) is 48.9 Å². The third-order valence-corrected chi connectivity index (χ3v) is 7.09. The monoisotopic (exact) mass is 463 g/mol. The van der Waals surface area contributed by atoms with E-state index in [2.05, 4.69) is 4.98 Å². The van der Waals surface area contributed by atoms with Gasteiger partial charge in [-0.15, -0.1) is 0 Å². The molecule has 31 heavy (non-hydrogen) atoms. The van der Waals surface area contributed by atoms with Gasteiger partial charge in [-0.05, 0) is 24.3 Å². The maximum atomic E-state index is 12.8. The standard InChI is InChI=1S/C20H18ClN3O6S/c21-20-15(11-14-3-1-2-4-17(14)22-20)13-30-19-6-5-16(12-18(19)24(25)26)31(27,28)23-7-9-29-10-8-23/h1-6,11-12H,7-10,13H2. The van der Waals surface area contributed by atoms with Crippen LogP contribution in [-0.2, 0) is 21.4 Å². The highest BCUT2D eigenvalue weighted by molar-refractivity contribution is 7.89. The third kappa shape index (κ3) is 4.47. The topological polar surface area (TPSA) is 112 Å². The summed E-state index contributed by atoms with van der Waals surface area (Å²) in [6, 6.07) is 12.8. The summed E-state index contributed by atoms with van der Waals surface area (Å²) in [7, 11) is -3.87. The third-order valence-electron chi connectivity index (χ3n) is 4.87. The Hall–Kier alpha value is -2.79. The normalized spacial score (nSPS) is 15.1. The van der Waals surface area contributed by atoms with Gasteiger partial charge in [0.25, 0.3) is 0 Å².